The van der Waals surface area contributed by atoms with Gasteiger partial charge < -0.3 is 20.3 Å². The summed E-state index contributed by atoms with van der Waals surface area (Å²) in [5, 5.41) is 0.568. The molecule has 0 atom stereocenters. The van der Waals surface area contributed by atoms with Gasteiger partial charge in [0.1, 0.15) is 0 Å². The summed E-state index contributed by atoms with van der Waals surface area (Å²) in [4.78, 5) is 15.6. The predicted molar refractivity (Wildman–Crippen MR) is 81.4 cm³/mol. The molecule has 110 valence electrons. The summed E-state index contributed by atoms with van der Waals surface area (Å²) < 4.78 is 5.01. The standard InChI is InChI=1S/C14H20ClN3O2/c1-3-20-14(19)18-6-4-17(5-7-18)13-9-11(15)12(16)8-10(13)2/h8-9H,3-7,16H2,1-2H3. The molecule has 1 heterocycles. The van der Waals surface area contributed by atoms with E-state index in [0.29, 0.717) is 30.4 Å². The molecule has 20 heavy (non-hydrogen) atoms. The van der Waals surface area contributed by atoms with E-state index >= 15 is 0 Å². The Balaban J connectivity index is 2.04. The third kappa shape index (κ3) is 3.10. The summed E-state index contributed by atoms with van der Waals surface area (Å²) in [7, 11) is 0. The van der Waals surface area contributed by atoms with Crippen LogP contribution in [-0.2, 0) is 4.74 Å². The molecule has 1 aliphatic heterocycles. The zero-order valence-electron chi connectivity index (χ0n) is 11.9. The van der Waals surface area contributed by atoms with E-state index in [2.05, 4.69) is 4.90 Å². The van der Waals surface area contributed by atoms with Gasteiger partial charge in [0.25, 0.3) is 0 Å². The van der Waals surface area contributed by atoms with Crippen molar-refractivity contribution in [3.05, 3.63) is 22.7 Å². The van der Waals surface area contributed by atoms with Crippen molar-refractivity contribution in [3.63, 3.8) is 0 Å². The highest BCUT2D eigenvalue weighted by atomic mass is 35.5. The number of benzene rings is 1. The van der Waals surface area contributed by atoms with Gasteiger partial charge in [0.05, 0.1) is 17.3 Å². The molecule has 1 aromatic rings. The van der Waals surface area contributed by atoms with E-state index in [1.54, 1.807) is 4.90 Å². The molecular weight excluding hydrogens is 278 g/mol. The van der Waals surface area contributed by atoms with Gasteiger partial charge in [0, 0.05) is 31.9 Å². The first kappa shape index (κ1) is 14.8. The first-order valence-corrected chi connectivity index (χ1v) is 7.13. The van der Waals surface area contributed by atoms with E-state index in [1.165, 1.54) is 0 Å². The first-order valence-electron chi connectivity index (χ1n) is 6.75. The van der Waals surface area contributed by atoms with E-state index < -0.39 is 0 Å². The lowest BCUT2D eigenvalue weighted by molar-refractivity contribution is 0.105. The number of amides is 1. The van der Waals surface area contributed by atoms with E-state index in [1.807, 2.05) is 26.0 Å². The van der Waals surface area contributed by atoms with E-state index in [4.69, 9.17) is 22.1 Å². The summed E-state index contributed by atoms with van der Waals surface area (Å²) in [6, 6.07) is 3.78. The molecule has 1 aliphatic rings. The highest BCUT2D eigenvalue weighted by Crippen LogP contribution is 2.30. The average Bonchev–Trinajstić information content (AvgIpc) is 2.43. The van der Waals surface area contributed by atoms with Crippen LogP contribution in [0.4, 0.5) is 16.2 Å². The van der Waals surface area contributed by atoms with Crippen molar-refractivity contribution in [2.24, 2.45) is 0 Å². The highest BCUT2D eigenvalue weighted by Gasteiger charge is 2.23. The van der Waals surface area contributed by atoms with Gasteiger partial charge in [0.15, 0.2) is 0 Å². The minimum atomic E-state index is -0.237. The maximum absolute atomic E-state index is 11.7. The fraction of sp³-hybridized carbons (Fsp3) is 0.500. The number of aryl methyl sites for hydroxylation is 1. The Labute approximate surface area is 124 Å². The number of carbonyl (C=O) groups is 1. The predicted octanol–water partition coefficient (Wildman–Crippen LogP) is 2.51. The van der Waals surface area contributed by atoms with E-state index in [9.17, 15) is 4.79 Å². The molecule has 1 saturated heterocycles. The molecule has 2 N–H and O–H groups in total. The third-order valence-electron chi connectivity index (χ3n) is 3.46. The molecule has 0 spiro atoms. The molecule has 5 nitrogen and oxygen atoms in total. The number of anilines is 2. The maximum atomic E-state index is 11.7. The van der Waals surface area contributed by atoms with Gasteiger partial charge in [-0.1, -0.05) is 11.6 Å². The fourth-order valence-corrected chi connectivity index (χ4v) is 2.54. The van der Waals surface area contributed by atoms with Crippen LogP contribution >= 0.6 is 11.6 Å². The van der Waals surface area contributed by atoms with Gasteiger partial charge in [-0.15, -0.1) is 0 Å². The number of halogens is 1. The summed E-state index contributed by atoms with van der Waals surface area (Å²) in [6.07, 6.45) is -0.237. The molecule has 0 aromatic heterocycles. The van der Waals surface area contributed by atoms with Crippen molar-refractivity contribution in [2.75, 3.05) is 43.4 Å². The van der Waals surface area contributed by atoms with Crippen molar-refractivity contribution in [3.8, 4) is 0 Å². The van der Waals surface area contributed by atoms with Crippen molar-refractivity contribution in [2.45, 2.75) is 13.8 Å². The lowest BCUT2D eigenvalue weighted by atomic mass is 10.1. The topological polar surface area (TPSA) is 58.8 Å². The Bertz CT molecular complexity index is 499. The van der Waals surface area contributed by atoms with Crippen LogP contribution in [0.2, 0.25) is 5.02 Å². The van der Waals surface area contributed by atoms with Gasteiger partial charge >= 0.3 is 6.09 Å². The quantitative estimate of drug-likeness (QED) is 0.852. The summed E-state index contributed by atoms with van der Waals surface area (Å²) in [6.45, 7) is 7.07. The van der Waals surface area contributed by atoms with Gasteiger partial charge in [-0.25, -0.2) is 4.79 Å². The van der Waals surface area contributed by atoms with Gasteiger partial charge in [-0.05, 0) is 31.5 Å². The zero-order chi connectivity index (χ0) is 14.7. The lowest BCUT2D eigenvalue weighted by Gasteiger charge is -2.36. The number of nitrogens with zero attached hydrogens (tertiary/aromatic N) is 2. The normalized spacial score (nSPS) is 15.3. The lowest BCUT2D eigenvalue weighted by Crippen LogP contribution is -2.49. The molecule has 0 radical (unpaired) electrons. The molecule has 0 saturated carbocycles. The summed E-state index contributed by atoms with van der Waals surface area (Å²) in [5.41, 5.74) is 8.56. The zero-order valence-corrected chi connectivity index (χ0v) is 12.6. The van der Waals surface area contributed by atoms with E-state index in [0.717, 1.165) is 24.3 Å². The molecule has 1 aromatic carbocycles. The van der Waals surface area contributed by atoms with Crippen LogP contribution in [0.5, 0.6) is 0 Å². The van der Waals surface area contributed by atoms with Crippen LogP contribution in [0.25, 0.3) is 0 Å². The second kappa shape index (κ2) is 6.22. The Hall–Kier alpha value is -1.62. The van der Waals surface area contributed by atoms with Crippen molar-refractivity contribution < 1.29 is 9.53 Å². The molecular formula is C14H20ClN3O2. The van der Waals surface area contributed by atoms with Gasteiger partial charge in [-0.3, -0.25) is 0 Å². The molecule has 1 amide bonds. The number of nitrogen functional groups attached to an aromatic ring is 1. The molecule has 0 unspecified atom stereocenters. The summed E-state index contributed by atoms with van der Waals surface area (Å²) in [5.74, 6) is 0. The number of hydrogen-bond donors (Lipinski definition) is 1. The number of piperazine rings is 1. The monoisotopic (exact) mass is 297 g/mol. The van der Waals surface area contributed by atoms with Gasteiger partial charge in [-0.2, -0.15) is 0 Å². The highest BCUT2D eigenvalue weighted by molar-refractivity contribution is 6.33. The molecule has 0 aliphatic carbocycles. The minimum Gasteiger partial charge on any atom is -0.450 e. The largest absolute Gasteiger partial charge is 0.450 e. The molecule has 6 heteroatoms. The molecule has 0 bridgehead atoms. The molecule has 2 rings (SSSR count). The number of hydrogen-bond acceptors (Lipinski definition) is 4. The average molecular weight is 298 g/mol. The van der Waals surface area contributed by atoms with Crippen LogP contribution in [0.15, 0.2) is 12.1 Å². The Morgan fingerprint density at radius 1 is 1.35 bits per heavy atom. The van der Waals surface area contributed by atoms with Crippen LogP contribution in [0.3, 0.4) is 0 Å². The third-order valence-corrected chi connectivity index (χ3v) is 3.79. The number of rotatable bonds is 2. The number of nitrogens with two attached hydrogens (primary N) is 1. The van der Waals surface area contributed by atoms with Crippen molar-refractivity contribution >= 4 is 29.1 Å². The second-order valence-corrected chi connectivity index (χ2v) is 5.24. The van der Waals surface area contributed by atoms with E-state index in [-0.39, 0.29) is 6.09 Å². The first-order chi connectivity index (χ1) is 9.52. The van der Waals surface area contributed by atoms with Gasteiger partial charge in [0.2, 0.25) is 0 Å². The maximum Gasteiger partial charge on any atom is 0.409 e. The smallest absolute Gasteiger partial charge is 0.409 e. The SMILES string of the molecule is CCOC(=O)N1CCN(c2cc(Cl)c(N)cc2C)CC1. The number of carbonyl (C=O) groups excluding carboxylic acids is 1. The Morgan fingerprint density at radius 2 is 2.00 bits per heavy atom. The Morgan fingerprint density at radius 3 is 2.60 bits per heavy atom. The Kier molecular flexibility index (Phi) is 4.60. The second-order valence-electron chi connectivity index (χ2n) is 4.83. The van der Waals surface area contributed by atoms with Crippen LogP contribution in [-0.4, -0.2) is 43.8 Å². The summed E-state index contributed by atoms with van der Waals surface area (Å²) >= 11 is 6.09. The minimum absolute atomic E-state index is 0.237. The fourth-order valence-electron chi connectivity index (χ4n) is 2.38. The van der Waals surface area contributed by atoms with Crippen LogP contribution < -0.4 is 10.6 Å². The van der Waals surface area contributed by atoms with Crippen LogP contribution in [0, 0.1) is 6.92 Å². The molecule has 1 fully saturated rings. The van der Waals surface area contributed by atoms with Crippen LogP contribution in [0.1, 0.15) is 12.5 Å². The number of ether oxygens (including phenoxy) is 1. The van der Waals surface area contributed by atoms with Crippen molar-refractivity contribution in [1.29, 1.82) is 0 Å². The van der Waals surface area contributed by atoms with Crippen molar-refractivity contribution in [1.82, 2.24) is 4.90 Å².